The number of benzene rings is 1. The van der Waals surface area contributed by atoms with Gasteiger partial charge in [0.25, 0.3) is 6.43 Å². The number of halogens is 2. The number of anilines is 1. The van der Waals surface area contributed by atoms with Gasteiger partial charge in [-0.3, -0.25) is 0 Å². The molecule has 2 aromatic rings. The van der Waals surface area contributed by atoms with Crippen LogP contribution in [0.5, 0.6) is 0 Å². The number of rotatable bonds is 6. The number of para-hydroxylation sites is 1. The quantitative estimate of drug-likeness (QED) is 0.840. The molecule has 0 atom stereocenters. The van der Waals surface area contributed by atoms with Gasteiger partial charge in [0, 0.05) is 17.5 Å². The van der Waals surface area contributed by atoms with Crippen molar-refractivity contribution in [2.45, 2.75) is 25.8 Å². The van der Waals surface area contributed by atoms with Gasteiger partial charge in [-0.2, -0.15) is 0 Å². The smallest absolute Gasteiger partial charge is 0.297 e. The number of alkyl halides is 2. The maximum atomic E-state index is 12.9. The fraction of sp³-hybridized carbons (Fsp3) is 0.429. The second-order valence-electron chi connectivity index (χ2n) is 5.86. The Balaban J connectivity index is 2.32. The number of nitrogens with zero attached hydrogens (tertiary/aromatic N) is 2. The zero-order chi connectivity index (χ0) is 17.3. The number of sulfonamides is 1. The minimum absolute atomic E-state index is 0.170. The van der Waals surface area contributed by atoms with Gasteiger partial charge in [0.2, 0.25) is 10.0 Å². The first kappa shape index (κ1) is 17.5. The fourth-order valence-corrected chi connectivity index (χ4v) is 3.25. The highest BCUT2D eigenvalue weighted by atomic mass is 32.2. The average Bonchev–Trinajstić information content (AvgIpc) is 2.42. The molecular weight excluding hydrogens is 326 g/mol. The average molecular weight is 344 g/mol. The van der Waals surface area contributed by atoms with E-state index in [0.29, 0.717) is 10.9 Å². The highest BCUT2D eigenvalue weighted by Crippen LogP contribution is 2.24. The summed E-state index contributed by atoms with van der Waals surface area (Å²) in [6, 6.07) is 6.78. The van der Waals surface area contributed by atoms with Crippen LogP contribution in [0.4, 0.5) is 14.6 Å². The van der Waals surface area contributed by atoms with Crippen molar-refractivity contribution in [2.75, 3.05) is 18.1 Å². The summed E-state index contributed by atoms with van der Waals surface area (Å²) in [5.74, 6) is -0.325. The summed E-state index contributed by atoms with van der Waals surface area (Å²) >= 11 is 0. The molecular formula is C14H18F2N4O2S. The molecule has 0 radical (unpaired) electrons. The van der Waals surface area contributed by atoms with Gasteiger partial charge >= 0.3 is 0 Å². The lowest BCUT2D eigenvalue weighted by molar-refractivity contribution is 0.141. The van der Waals surface area contributed by atoms with Crippen LogP contribution in [0, 0.1) is 0 Å². The van der Waals surface area contributed by atoms with Crippen LogP contribution < -0.4 is 10.0 Å². The van der Waals surface area contributed by atoms with Crippen molar-refractivity contribution in [1.82, 2.24) is 14.7 Å². The van der Waals surface area contributed by atoms with Crippen LogP contribution >= 0.6 is 0 Å². The van der Waals surface area contributed by atoms with Crippen LogP contribution in [-0.4, -0.2) is 36.7 Å². The van der Waals surface area contributed by atoms with Crippen molar-refractivity contribution >= 4 is 26.7 Å². The van der Waals surface area contributed by atoms with E-state index in [2.05, 4.69) is 20.0 Å². The SMILES string of the molecule is CC(C)(CNc1nc(C(F)F)nc2ccccc12)NS(C)(=O)=O. The van der Waals surface area contributed by atoms with Crippen LogP contribution in [0.25, 0.3) is 10.9 Å². The van der Waals surface area contributed by atoms with Gasteiger partial charge in [-0.15, -0.1) is 0 Å². The third-order valence-corrected chi connectivity index (χ3v) is 3.90. The first-order chi connectivity index (χ1) is 10.6. The van der Waals surface area contributed by atoms with Gasteiger partial charge in [0.1, 0.15) is 5.82 Å². The molecule has 0 spiro atoms. The van der Waals surface area contributed by atoms with Gasteiger partial charge in [-0.1, -0.05) is 12.1 Å². The Morgan fingerprint density at radius 1 is 1.22 bits per heavy atom. The topological polar surface area (TPSA) is 84.0 Å². The molecule has 9 heteroatoms. The molecule has 1 aromatic carbocycles. The van der Waals surface area contributed by atoms with E-state index in [1.807, 2.05) is 0 Å². The Bertz CT molecular complexity index is 810. The lowest BCUT2D eigenvalue weighted by Crippen LogP contribution is -2.47. The molecule has 0 amide bonds. The second-order valence-corrected chi connectivity index (χ2v) is 7.61. The molecule has 0 fully saturated rings. The van der Waals surface area contributed by atoms with Crippen molar-refractivity contribution in [1.29, 1.82) is 0 Å². The molecule has 0 saturated heterocycles. The Labute approximate surface area is 133 Å². The summed E-state index contributed by atoms with van der Waals surface area (Å²) in [5, 5.41) is 3.52. The molecule has 0 aliphatic heterocycles. The van der Waals surface area contributed by atoms with E-state index in [-0.39, 0.29) is 12.4 Å². The molecule has 0 aliphatic rings. The summed E-state index contributed by atoms with van der Waals surface area (Å²) in [5.41, 5.74) is -0.417. The molecule has 126 valence electrons. The molecule has 1 aromatic heterocycles. The van der Waals surface area contributed by atoms with Crippen LogP contribution in [0.3, 0.4) is 0 Å². The number of aromatic nitrogens is 2. The van der Waals surface area contributed by atoms with E-state index in [1.165, 1.54) is 0 Å². The van der Waals surface area contributed by atoms with Crippen molar-refractivity contribution in [3.05, 3.63) is 30.1 Å². The molecule has 0 unspecified atom stereocenters. The van der Waals surface area contributed by atoms with E-state index in [1.54, 1.807) is 38.1 Å². The highest BCUT2D eigenvalue weighted by Gasteiger charge is 2.23. The molecule has 0 saturated carbocycles. The van der Waals surface area contributed by atoms with Crippen LogP contribution in [0.2, 0.25) is 0 Å². The normalized spacial score (nSPS) is 12.8. The third-order valence-electron chi connectivity index (χ3n) is 2.98. The van der Waals surface area contributed by atoms with Crippen molar-refractivity contribution in [2.24, 2.45) is 0 Å². The lowest BCUT2D eigenvalue weighted by Gasteiger charge is -2.26. The molecule has 1 heterocycles. The summed E-state index contributed by atoms with van der Waals surface area (Å²) in [6.45, 7) is 3.53. The van der Waals surface area contributed by atoms with E-state index in [0.717, 1.165) is 6.26 Å². The van der Waals surface area contributed by atoms with Gasteiger partial charge in [0.15, 0.2) is 5.82 Å². The molecule has 2 rings (SSSR count). The van der Waals surface area contributed by atoms with Gasteiger partial charge in [-0.05, 0) is 26.0 Å². The zero-order valence-corrected chi connectivity index (χ0v) is 13.8. The largest absolute Gasteiger partial charge is 0.368 e. The Hall–Kier alpha value is -1.87. The Morgan fingerprint density at radius 3 is 2.48 bits per heavy atom. The number of hydrogen-bond donors (Lipinski definition) is 2. The van der Waals surface area contributed by atoms with Gasteiger partial charge in [-0.25, -0.2) is 31.9 Å². The van der Waals surface area contributed by atoms with Crippen LogP contribution in [-0.2, 0) is 10.0 Å². The van der Waals surface area contributed by atoms with E-state index < -0.39 is 27.8 Å². The monoisotopic (exact) mass is 344 g/mol. The first-order valence-corrected chi connectivity index (χ1v) is 8.74. The van der Waals surface area contributed by atoms with Crippen molar-refractivity contribution in [3.63, 3.8) is 0 Å². The Kier molecular flexibility index (Phi) is 4.81. The third kappa shape index (κ3) is 4.80. The molecule has 2 N–H and O–H groups in total. The summed E-state index contributed by atoms with van der Waals surface area (Å²) < 4.78 is 51.0. The number of fused-ring (bicyclic) bond motifs is 1. The maximum absolute atomic E-state index is 12.9. The minimum Gasteiger partial charge on any atom is -0.368 e. The summed E-state index contributed by atoms with van der Waals surface area (Å²) in [7, 11) is -3.39. The van der Waals surface area contributed by atoms with Crippen molar-refractivity contribution < 1.29 is 17.2 Å². The maximum Gasteiger partial charge on any atom is 0.297 e. The number of nitrogens with one attached hydrogen (secondary N) is 2. The molecule has 0 aliphatic carbocycles. The highest BCUT2D eigenvalue weighted by molar-refractivity contribution is 7.88. The predicted molar refractivity (Wildman–Crippen MR) is 85.0 cm³/mol. The minimum atomic E-state index is -3.39. The van der Waals surface area contributed by atoms with Gasteiger partial charge < -0.3 is 5.32 Å². The molecule has 23 heavy (non-hydrogen) atoms. The van der Waals surface area contributed by atoms with Crippen LogP contribution in [0.15, 0.2) is 24.3 Å². The molecule has 6 nitrogen and oxygen atoms in total. The van der Waals surface area contributed by atoms with E-state index in [4.69, 9.17) is 0 Å². The first-order valence-electron chi connectivity index (χ1n) is 6.85. The van der Waals surface area contributed by atoms with Gasteiger partial charge in [0.05, 0.1) is 11.8 Å². The van der Waals surface area contributed by atoms with E-state index >= 15 is 0 Å². The lowest BCUT2D eigenvalue weighted by atomic mass is 10.1. The second kappa shape index (κ2) is 6.32. The number of hydrogen-bond acceptors (Lipinski definition) is 5. The summed E-state index contributed by atoms with van der Waals surface area (Å²) in [4.78, 5) is 7.68. The van der Waals surface area contributed by atoms with E-state index in [9.17, 15) is 17.2 Å². The van der Waals surface area contributed by atoms with Crippen molar-refractivity contribution in [3.8, 4) is 0 Å². The predicted octanol–water partition coefficient (Wildman–Crippen LogP) is 2.31. The standard InChI is InChI=1S/C14H18F2N4O2S/c1-14(2,20-23(3,21)22)8-17-12-9-6-4-5-7-10(9)18-13(19-12)11(15)16/h4-7,11,20H,8H2,1-3H3,(H,17,18,19). The van der Waals surface area contributed by atoms with Crippen LogP contribution in [0.1, 0.15) is 26.1 Å². The molecule has 0 bridgehead atoms. The zero-order valence-electron chi connectivity index (χ0n) is 13.0. The Morgan fingerprint density at radius 2 is 1.87 bits per heavy atom. The summed E-state index contributed by atoms with van der Waals surface area (Å²) in [6.07, 6.45) is -1.73. The fourth-order valence-electron chi connectivity index (χ4n) is 2.17.